The third kappa shape index (κ3) is 3.22. The zero-order chi connectivity index (χ0) is 16.4. The minimum absolute atomic E-state index is 0.0176. The lowest BCUT2D eigenvalue weighted by molar-refractivity contribution is -0.00116. The van der Waals surface area contributed by atoms with Crippen molar-refractivity contribution in [2.24, 2.45) is 0 Å². The topological polar surface area (TPSA) is 44.1 Å². The first-order valence-electron chi connectivity index (χ1n) is 8.40. The van der Waals surface area contributed by atoms with E-state index in [0.29, 0.717) is 12.0 Å². The van der Waals surface area contributed by atoms with Crippen molar-refractivity contribution in [2.45, 2.75) is 56.5 Å². The molecule has 0 saturated heterocycles. The molecule has 3 rings (SSSR count). The zero-order valence-electron chi connectivity index (χ0n) is 13.7. The third-order valence-corrected chi connectivity index (χ3v) is 4.98. The van der Waals surface area contributed by atoms with Crippen molar-refractivity contribution < 1.29 is 4.74 Å². The zero-order valence-corrected chi connectivity index (χ0v) is 15.3. The number of benzene rings is 1. The van der Waals surface area contributed by atoms with Crippen LogP contribution in [0.1, 0.15) is 56.2 Å². The molecule has 1 aromatic carbocycles. The maximum atomic E-state index is 13.1. The van der Waals surface area contributed by atoms with Crippen LogP contribution in [0, 0.1) is 0 Å². The molecule has 1 aromatic heterocycles. The van der Waals surface area contributed by atoms with Gasteiger partial charge in [-0.3, -0.25) is 9.36 Å². The first kappa shape index (κ1) is 16.7. The molecular formula is C18H23BrN2O2. The Hall–Kier alpha value is -1.20. The summed E-state index contributed by atoms with van der Waals surface area (Å²) in [7, 11) is 0. The minimum atomic E-state index is 0.0176. The van der Waals surface area contributed by atoms with Gasteiger partial charge in [0, 0.05) is 6.61 Å². The van der Waals surface area contributed by atoms with Gasteiger partial charge in [0.05, 0.1) is 27.9 Å². The first-order chi connectivity index (χ1) is 11.1. The number of aromatic nitrogens is 2. The van der Waals surface area contributed by atoms with Gasteiger partial charge in [-0.2, -0.15) is 0 Å². The van der Waals surface area contributed by atoms with Gasteiger partial charge in [-0.15, -0.1) is 0 Å². The summed E-state index contributed by atoms with van der Waals surface area (Å²) in [5.74, 6) is 0.797. The van der Waals surface area contributed by atoms with Crippen LogP contribution >= 0.6 is 15.9 Å². The van der Waals surface area contributed by atoms with Gasteiger partial charge in [0.2, 0.25) is 0 Å². The quantitative estimate of drug-likeness (QED) is 0.741. The lowest BCUT2D eigenvalue weighted by Gasteiger charge is -2.34. The van der Waals surface area contributed by atoms with Crippen LogP contribution < -0.4 is 5.56 Å². The van der Waals surface area contributed by atoms with E-state index in [1.165, 1.54) is 0 Å². The third-order valence-electron chi connectivity index (χ3n) is 4.57. The standard InChI is InChI=1S/C18H23BrN2O2/c1-3-23-16-11-7-6-10-15(16)21-17(12(2)19)20-14-9-5-4-8-13(14)18(21)22/h4-5,8-9,12,15-16H,3,6-7,10-11H2,1-2H3. The molecule has 0 N–H and O–H groups in total. The van der Waals surface area contributed by atoms with E-state index in [2.05, 4.69) is 15.9 Å². The minimum Gasteiger partial charge on any atom is -0.376 e. The average molecular weight is 379 g/mol. The Morgan fingerprint density at radius 2 is 2.09 bits per heavy atom. The Morgan fingerprint density at radius 1 is 1.35 bits per heavy atom. The second-order valence-corrected chi connectivity index (χ2v) is 7.50. The molecule has 3 atom stereocenters. The largest absolute Gasteiger partial charge is 0.376 e. The molecule has 5 heteroatoms. The highest BCUT2D eigenvalue weighted by Crippen LogP contribution is 2.33. The fourth-order valence-corrected chi connectivity index (χ4v) is 3.87. The molecule has 124 valence electrons. The fraction of sp³-hybridized carbons (Fsp3) is 0.556. The van der Waals surface area contributed by atoms with Gasteiger partial charge in [0.15, 0.2) is 0 Å². The molecule has 1 fully saturated rings. The Balaban J connectivity index is 2.19. The highest BCUT2D eigenvalue weighted by atomic mass is 79.9. The Kier molecular flexibility index (Phi) is 5.17. The van der Waals surface area contributed by atoms with E-state index in [-0.39, 0.29) is 22.5 Å². The van der Waals surface area contributed by atoms with Crippen LogP contribution in [-0.4, -0.2) is 22.3 Å². The molecule has 1 aliphatic carbocycles. The molecular weight excluding hydrogens is 356 g/mol. The number of nitrogens with zero attached hydrogens (tertiary/aromatic N) is 2. The van der Waals surface area contributed by atoms with E-state index in [1.54, 1.807) is 0 Å². The molecule has 0 amide bonds. The molecule has 1 heterocycles. The van der Waals surface area contributed by atoms with Gasteiger partial charge in [0.25, 0.3) is 5.56 Å². The first-order valence-corrected chi connectivity index (χ1v) is 9.32. The van der Waals surface area contributed by atoms with Crippen LogP contribution in [0.15, 0.2) is 29.1 Å². The van der Waals surface area contributed by atoms with Crippen LogP contribution in [0.3, 0.4) is 0 Å². The lowest BCUT2D eigenvalue weighted by atomic mass is 9.91. The predicted octanol–water partition coefficient (Wildman–Crippen LogP) is 4.37. The number of para-hydroxylation sites is 1. The molecule has 1 saturated carbocycles. The van der Waals surface area contributed by atoms with Crippen LogP contribution in [0.25, 0.3) is 10.9 Å². The maximum absolute atomic E-state index is 13.1. The maximum Gasteiger partial charge on any atom is 0.261 e. The highest BCUT2D eigenvalue weighted by molar-refractivity contribution is 9.09. The van der Waals surface area contributed by atoms with E-state index in [0.717, 1.165) is 37.0 Å². The smallest absolute Gasteiger partial charge is 0.261 e. The van der Waals surface area contributed by atoms with E-state index in [9.17, 15) is 4.79 Å². The average Bonchev–Trinajstić information content (AvgIpc) is 2.56. The molecule has 0 radical (unpaired) electrons. The SMILES string of the molecule is CCOC1CCCCC1n1c(C(C)Br)nc2ccccc2c1=O. The summed E-state index contributed by atoms with van der Waals surface area (Å²) in [6, 6.07) is 7.66. The van der Waals surface area contributed by atoms with Crippen LogP contribution in [-0.2, 0) is 4.74 Å². The van der Waals surface area contributed by atoms with Gasteiger partial charge in [0.1, 0.15) is 5.82 Å². The molecule has 0 aliphatic heterocycles. The second kappa shape index (κ2) is 7.14. The number of rotatable bonds is 4. The summed E-state index contributed by atoms with van der Waals surface area (Å²) in [5.41, 5.74) is 0.812. The van der Waals surface area contributed by atoms with Crippen molar-refractivity contribution >= 4 is 26.8 Å². The van der Waals surface area contributed by atoms with Gasteiger partial charge >= 0.3 is 0 Å². The fourth-order valence-electron chi connectivity index (χ4n) is 3.55. The summed E-state index contributed by atoms with van der Waals surface area (Å²) in [6.07, 6.45) is 4.37. The molecule has 2 aromatic rings. The normalized spacial score (nSPS) is 23.1. The summed E-state index contributed by atoms with van der Waals surface area (Å²) in [6.45, 7) is 4.71. The van der Waals surface area contributed by atoms with Crippen LogP contribution in [0.5, 0.6) is 0 Å². The van der Waals surface area contributed by atoms with Gasteiger partial charge in [-0.25, -0.2) is 4.98 Å². The van der Waals surface area contributed by atoms with E-state index in [4.69, 9.17) is 9.72 Å². The molecule has 23 heavy (non-hydrogen) atoms. The van der Waals surface area contributed by atoms with Gasteiger partial charge in [-0.05, 0) is 38.8 Å². The monoisotopic (exact) mass is 378 g/mol. The summed E-state index contributed by atoms with van der Waals surface area (Å²) < 4.78 is 7.84. The number of hydrogen-bond donors (Lipinski definition) is 0. The van der Waals surface area contributed by atoms with Crippen molar-refractivity contribution in [3.63, 3.8) is 0 Å². The predicted molar refractivity (Wildman–Crippen MR) is 96.3 cm³/mol. The van der Waals surface area contributed by atoms with Gasteiger partial charge in [-0.1, -0.05) is 40.9 Å². The molecule has 0 bridgehead atoms. The number of hydrogen-bond acceptors (Lipinski definition) is 3. The van der Waals surface area contributed by atoms with Crippen LogP contribution in [0.4, 0.5) is 0 Å². The Labute approximate surface area is 145 Å². The van der Waals surface area contributed by atoms with Crippen LogP contribution in [0.2, 0.25) is 0 Å². The van der Waals surface area contributed by atoms with Crippen molar-refractivity contribution in [1.29, 1.82) is 0 Å². The van der Waals surface area contributed by atoms with Crippen molar-refractivity contribution in [3.05, 3.63) is 40.4 Å². The molecule has 3 unspecified atom stereocenters. The Bertz CT molecular complexity index is 739. The molecule has 4 nitrogen and oxygen atoms in total. The van der Waals surface area contributed by atoms with Gasteiger partial charge < -0.3 is 4.74 Å². The summed E-state index contributed by atoms with van der Waals surface area (Å²) in [4.78, 5) is 17.9. The van der Waals surface area contributed by atoms with Crippen molar-refractivity contribution in [1.82, 2.24) is 9.55 Å². The molecule has 1 aliphatic rings. The number of fused-ring (bicyclic) bond motifs is 1. The summed E-state index contributed by atoms with van der Waals surface area (Å²) in [5, 5.41) is 0.685. The number of ether oxygens (including phenoxy) is 1. The second-order valence-electron chi connectivity index (χ2n) is 6.12. The number of halogens is 1. The summed E-state index contributed by atoms with van der Waals surface area (Å²) >= 11 is 3.62. The van der Waals surface area contributed by atoms with Crippen molar-refractivity contribution in [2.75, 3.05) is 6.61 Å². The molecule has 0 spiro atoms. The Morgan fingerprint density at radius 3 is 2.83 bits per heavy atom. The van der Waals surface area contributed by atoms with Crippen molar-refractivity contribution in [3.8, 4) is 0 Å². The van der Waals surface area contributed by atoms with E-state index < -0.39 is 0 Å². The van der Waals surface area contributed by atoms with E-state index in [1.807, 2.05) is 42.7 Å². The lowest BCUT2D eigenvalue weighted by Crippen LogP contribution is -2.38. The van der Waals surface area contributed by atoms with E-state index >= 15 is 0 Å². The highest BCUT2D eigenvalue weighted by Gasteiger charge is 2.31. The number of alkyl halides is 1.